The lowest BCUT2D eigenvalue weighted by Gasteiger charge is -2.02. The Labute approximate surface area is 82.8 Å². The molecule has 13 heavy (non-hydrogen) atoms. The smallest absolute Gasteiger partial charge is 0.0867 e. The second kappa shape index (κ2) is 4.87. The lowest BCUT2D eigenvalue weighted by molar-refractivity contribution is 0.318. The third-order valence-electron chi connectivity index (χ3n) is 1.78. The average molecular weight is 198 g/mol. The molecule has 70 valence electrons. The summed E-state index contributed by atoms with van der Waals surface area (Å²) in [5.41, 5.74) is 1.63. The Hall–Kier alpha value is -1.02. The number of rotatable bonds is 3. The summed E-state index contributed by atoms with van der Waals surface area (Å²) >= 11 is 5.73. The molecule has 0 unspecified atom stereocenters. The molecule has 0 saturated heterocycles. The highest BCUT2D eigenvalue weighted by atomic mass is 35.5. The summed E-state index contributed by atoms with van der Waals surface area (Å²) in [6.07, 6.45) is 1.74. The van der Waals surface area contributed by atoms with Crippen molar-refractivity contribution >= 4 is 17.3 Å². The summed E-state index contributed by atoms with van der Waals surface area (Å²) in [4.78, 5) is 0. The summed E-state index contributed by atoms with van der Waals surface area (Å²) in [5.74, 6) is 0. The minimum atomic E-state index is 0.692. The van der Waals surface area contributed by atoms with Crippen molar-refractivity contribution in [2.24, 2.45) is 5.16 Å². The van der Waals surface area contributed by atoms with Gasteiger partial charge in [0.2, 0.25) is 0 Å². The molecule has 0 heterocycles. The van der Waals surface area contributed by atoms with E-state index in [1.165, 1.54) is 0 Å². The molecule has 1 aromatic rings. The molecule has 0 aliphatic rings. The van der Waals surface area contributed by atoms with E-state index in [4.69, 9.17) is 16.8 Å². The van der Waals surface area contributed by atoms with Gasteiger partial charge in [-0.15, -0.1) is 0 Å². The topological polar surface area (TPSA) is 32.6 Å². The standard InChI is InChI=1S/C10H12ClNO/c1-2-3-10(12-13)8-4-6-9(11)7-5-8/h4-7,13H,2-3H2,1H3/b12-10+. The molecule has 0 aromatic heterocycles. The van der Waals surface area contributed by atoms with Crippen LogP contribution in [0, 0.1) is 0 Å². The van der Waals surface area contributed by atoms with Gasteiger partial charge >= 0.3 is 0 Å². The van der Waals surface area contributed by atoms with Crippen molar-refractivity contribution in [3.63, 3.8) is 0 Å². The fraction of sp³-hybridized carbons (Fsp3) is 0.300. The third kappa shape index (κ3) is 2.74. The van der Waals surface area contributed by atoms with Crippen molar-refractivity contribution in [3.05, 3.63) is 34.9 Å². The maximum absolute atomic E-state index is 8.73. The van der Waals surface area contributed by atoms with Crippen LogP contribution in [0.1, 0.15) is 25.3 Å². The second-order valence-electron chi connectivity index (χ2n) is 2.80. The Bertz CT molecular complexity index is 292. The molecule has 0 bridgehead atoms. The van der Waals surface area contributed by atoms with Gasteiger partial charge in [0, 0.05) is 5.02 Å². The second-order valence-corrected chi connectivity index (χ2v) is 3.24. The van der Waals surface area contributed by atoms with E-state index in [9.17, 15) is 0 Å². The number of oxime groups is 1. The number of halogens is 1. The average Bonchev–Trinajstić information content (AvgIpc) is 2.16. The zero-order valence-electron chi connectivity index (χ0n) is 7.50. The van der Waals surface area contributed by atoms with Crippen LogP contribution >= 0.6 is 11.6 Å². The lowest BCUT2D eigenvalue weighted by atomic mass is 10.1. The predicted octanol–water partition coefficient (Wildman–Crippen LogP) is 3.32. The van der Waals surface area contributed by atoms with Crippen LogP contribution in [0.2, 0.25) is 5.02 Å². The number of hydrogen-bond donors (Lipinski definition) is 1. The van der Waals surface area contributed by atoms with E-state index in [0.29, 0.717) is 10.7 Å². The van der Waals surface area contributed by atoms with Gasteiger partial charge in [0.1, 0.15) is 0 Å². The van der Waals surface area contributed by atoms with Crippen molar-refractivity contribution in [3.8, 4) is 0 Å². The van der Waals surface area contributed by atoms with Gasteiger partial charge in [0.15, 0.2) is 0 Å². The van der Waals surface area contributed by atoms with Crippen LogP contribution in [0.15, 0.2) is 29.4 Å². The van der Waals surface area contributed by atoms with Crippen LogP contribution in [0.25, 0.3) is 0 Å². The van der Waals surface area contributed by atoms with Crippen LogP contribution in [-0.2, 0) is 0 Å². The van der Waals surface area contributed by atoms with E-state index in [1.807, 2.05) is 19.1 Å². The fourth-order valence-electron chi connectivity index (χ4n) is 1.13. The van der Waals surface area contributed by atoms with E-state index in [-0.39, 0.29) is 0 Å². The summed E-state index contributed by atoms with van der Waals surface area (Å²) in [6.45, 7) is 2.04. The lowest BCUT2D eigenvalue weighted by Crippen LogP contribution is -1.99. The number of benzene rings is 1. The van der Waals surface area contributed by atoms with Gasteiger partial charge in [0.25, 0.3) is 0 Å². The molecule has 1 N–H and O–H groups in total. The van der Waals surface area contributed by atoms with Crippen molar-refractivity contribution in [1.82, 2.24) is 0 Å². The Morgan fingerprint density at radius 3 is 2.46 bits per heavy atom. The van der Waals surface area contributed by atoms with Crippen LogP contribution in [0.4, 0.5) is 0 Å². The first-order valence-electron chi connectivity index (χ1n) is 4.24. The highest BCUT2D eigenvalue weighted by molar-refractivity contribution is 6.30. The summed E-state index contributed by atoms with van der Waals surface area (Å²) < 4.78 is 0. The first kappa shape index (κ1) is 10.1. The zero-order chi connectivity index (χ0) is 9.68. The van der Waals surface area contributed by atoms with Crippen molar-refractivity contribution in [2.75, 3.05) is 0 Å². The minimum Gasteiger partial charge on any atom is -0.411 e. The molecule has 0 amide bonds. The van der Waals surface area contributed by atoms with E-state index in [1.54, 1.807) is 12.1 Å². The minimum absolute atomic E-state index is 0.692. The van der Waals surface area contributed by atoms with Gasteiger partial charge in [0.05, 0.1) is 5.71 Å². The van der Waals surface area contributed by atoms with Gasteiger partial charge in [-0.25, -0.2) is 0 Å². The maximum Gasteiger partial charge on any atom is 0.0867 e. The molecule has 0 atom stereocenters. The fourth-order valence-corrected chi connectivity index (χ4v) is 1.26. The quantitative estimate of drug-likeness (QED) is 0.450. The monoisotopic (exact) mass is 197 g/mol. The Morgan fingerprint density at radius 2 is 2.00 bits per heavy atom. The van der Waals surface area contributed by atoms with Gasteiger partial charge in [-0.1, -0.05) is 42.2 Å². The molecule has 1 aromatic carbocycles. The molecule has 1 rings (SSSR count). The summed E-state index contributed by atoms with van der Waals surface area (Å²) in [7, 11) is 0. The number of nitrogens with zero attached hydrogens (tertiary/aromatic N) is 1. The highest BCUT2D eigenvalue weighted by Gasteiger charge is 2.02. The maximum atomic E-state index is 8.73. The molecule has 0 aliphatic heterocycles. The number of hydrogen-bond acceptors (Lipinski definition) is 2. The molecule has 3 heteroatoms. The van der Waals surface area contributed by atoms with Gasteiger partial charge in [-0.05, 0) is 24.1 Å². The van der Waals surface area contributed by atoms with Crippen LogP contribution < -0.4 is 0 Å². The Kier molecular flexibility index (Phi) is 3.77. The van der Waals surface area contributed by atoms with Gasteiger partial charge in [-0.3, -0.25) is 0 Å². The molecule has 2 nitrogen and oxygen atoms in total. The predicted molar refractivity (Wildman–Crippen MR) is 54.7 cm³/mol. The van der Waals surface area contributed by atoms with E-state index in [0.717, 1.165) is 18.4 Å². The van der Waals surface area contributed by atoms with E-state index >= 15 is 0 Å². The van der Waals surface area contributed by atoms with Gasteiger partial charge in [-0.2, -0.15) is 0 Å². The molecule has 0 aliphatic carbocycles. The summed E-state index contributed by atoms with van der Waals surface area (Å²) in [5, 5.41) is 12.7. The van der Waals surface area contributed by atoms with E-state index < -0.39 is 0 Å². The van der Waals surface area contributed by atoms with Crippen LogP contribution in [0.3, 0.4) is 0 Å². The molecule has 0 saturated carbocycles. The first-order chi connectivity index (χ1) is 6.27. The molecular weight excluding hydrogens is 186 g/mol. The molecule has 0 spiro atoms. The van der Waals surface area contributed by atoms with Crippen molar-refractivity contribution < 1.29 is 5.21 Å². The molecule has 0 radical (unpaired) electrons. The van der Waals surface area contributed by atoms with Crippen LogP contribution in [0.5, 0.6) is 0 Å². The molecule has 0 fully saturated rings. The zero-order valence-corrected chi connectivity index (χ0v) is 8.25. The largest absolute Gasteiger partial charge is 0.411 e. The van der Waals surface area contributed by atoms with E-state index in [2.05, 4.69) is 5.16 Å². The SMILES string of the molecule is CCC/C(=N\O)c1ccc(Cl)cc1. The Balaban J connectivity index is 2.87. The molecular formula is C10H12ClNO. The van der Waals surface area contributed by atoms with Crippen LogP contribution in [-0.4, -0.2) is 10.9 Å². The highest BCUT2D eigenvalue weighted by Crippen LogP contribution is 2.12. The van der Waals surface area contributed by atoms with Crippen molar-refractivity contribution in [2.45, 2.75) is 19.8 Å². The third-order valence-corrected chi connectivity index (χ3v) is 2.04. The Morgan fingerprint density at radius 1 is 1.38 bits per heavy atom. The van der Waals surface area contributed by atoms with Crippen molar-refractivity contribution in [1.29, 1.82) is 0 Å². The van der Waals surface area contributed by atoms with Gasteiger partial charge < -0.3 is 5.21 Å². The first-order valence-corrected chi connectivity index (χ1v) is 4.62. The normalized spacial score (nSPS) is 11.7. The summed E-state index contributed by atoms with van der Waals surface area (Å²) in [6, 6.07) is 7.29.